The van der Waals surface area contributed by atoms with E-state index in [1.807, 2.05) is 0 Å². The largest absolute Gasteiger partial charge is 0.377 e. The predicted molar refractivity (Wildman–Crippen MR) is 101 cm³/mol. The van der Waals surface area contributed by atoms with Gasteiger partial charge in [0.15, 0.2) is 17.4 Å². The fourth-order valence-electron chi connectivity index (χ4n) is 2.89. The van der Waals surface area contributed by atoms with Crippen molar-refractivity contribution in [1.82, 2.24) is 14.8 Å². The summed E-state index contributed by atoms with van der Waals surface area (Å²) in [5.41, 5.74) is 0.787. The molecule has 4 rings (SSSR count). The van der Waals surface area contributed by atoms with Crippen LogP contribution in [0.3, 0.4) is 0 Å². The smallest absolute Gasteiger partial charge is 0.199 e. The fraction of sp³-hybridized carbons (Fsp3) is 0.211. The van der Waals surface area contributed by atoms with Gasteiger partial charge < -0.3 is 9.72 Å². The number of aromatic amines is 1. The average Bonchev–Trinajstić information content (AvgIpc) is 3.27. The van der Waals surface area contributed by atoms with Crippen LogP contribution >= 0.6 is 23.2 Å². The number of carbonyl (C=O) groups is 2. The number of ether oxygens (including phenoxy) is 1. The molecule has 1 saturated heterocycles. The van der Waals surface area contributed by atoms with Crippen LogP contribution in [0.2, 0.25) is 10.0 Å². The van der Waals surface area contributed by atoms with Crippen LogP contribution in [0.25, 0.3) is 0 Å². The zero-order chi connectivity index (χ0) is 19.8. The molecule has 0 atom stereocenters. The van der Waals surface area contributed by atoms with Gasteiger partial charge >= 0.3 is 0 Å². The zero-order valence-corrected chi connectivity index (χ0v) is 15.9. The average molecular weight is 422 g/mol. The highest BCUT2D eigenvalue weighted by molar-refractivity contribution is 6.37. The second-order valence-electron chi connectivity index (χ2n) is 6.47. The molecule has 144 valence electrons. The molecule has 9 heteroatoms. The van der Waals surface area contributed by atoms with E-state index in [2.05, 4.69) is 10.1 Å². The van der Waals surface area contributed by atoms with Gasteiger partial charge in [-0.3, -0.25) is 14.3 Å². The molecule has 3 aromatic rings. The van der Waals surface area contributed by atoms with Crippen molar-refractivity contribution >= 4 is 34.8 Å². The first-order chi connectivity index (χ1) is 13.4. The van der Waals surface area contributed by atoms with Crippen LogP contribution in [0, 0.1) is 5.82 Å². The van der Waals surface area contributed by atoms with Gasteiger partial charge in [0.25, 0.3) is 0 Å². The molecule has 0 spiro atoms. The van der Waals surface area contributed by atoms with Crippen LogP contribution in [-0.4, -0.2) is 39.5 Å². The molecule has 1 aliphatic heterocycles. The third-order valence-electron chi connectivity index (χ3n) is 4.53. The van der Waals surface area contributed by atoms with E-state index in [9.17, 15) is 14.0 Å². The molecule has 28 heavy (non-hydrogen) atoms. The Kier molecular flexibility index (Phi) is 5.05. The van der Waals surface area contributed by atoms with E-state index in [0.29, 0.717) is 13.2 Å². The second kappa shape index (κ2) is 7.50. The van der Waals surface area contributed by atoms with E-state index in [1.54, 1.807) is 17.1 Å². The molecule has 2 aromatic heterocycles. The lowest BCUT2D eigenvalue weighted by Crippen LogP contribution is -2.30. The van der Waals surface area contributed by atoms with Gasteiger partial charge in [-0.2, -0.15) is 5.10 Å². The van der Waals surface area contributed by atoms with Gasteiger partial charge in [-0.25, -0.2) is 4.39 Å². The van der Waals surface area contributed by atoms with Crippen LogP contribution < -0.4 is 0 Å². The molecule has 1 N–H and O–H groups in total. The van der Waals surface area contributed by atoms with Crippen LogP contribution in [0.4, 0.5) is 4.39 Å². The molecule has 0 aliphatic carbocycles. The molecule has 1 aliphatic rings. The molecule has 6 nitrogen and oxygen atoms in total. The SMILES string of the molecule is O=C(Cc1cnn(C2COC2)c1)c1cc(C(=O)c2c(Cl)ccc(Cl)c2F)c[nH]1. The van der Waals surface area contributed by atoms with Crippen LogP contribution in [0.5, 0.6) is 0 Å². The maximum absolute atomic E-state index is 14.2. The van der Waals surface area contributed by atoms with Crippen molar-refractivity contribution in [1.29, 1.82) is 0 Å². The van der Waals surface area contributed by atoms with E-state index in [1.165, 1.54) is 24.4 Å². The summed E-state index contributed by atoms with van der Waals surface area (Å²) in [5, 5.41) is 3.99. The van der Waals surface area contributed by atoms with Gasteiger partial charge in [0.2, 0.25) is 0 Å². The molecule has 0 saturated carbocycles. The van der Waals surface area contributed by atoms with Crippen molar-refractivity contribution in [2.75, 3.05) is 13.2 Å². The fourth-order valence-corrected chi connectivity index (χ4v) is 3.28. The second-order valence-corrected chi connectivity index (χ2v) is 7.28. The van der Waals surface area contributed by atoms with Crippen molar-refractivity contribution < 1.29 is 18.7 Å². The number of rotatable bonds is 6. The van der Waals surface area contributed by atoms with E-state index < -0.39 is 11.6 Å². The van der Waals surface area contributed by atoms with Gasteiger partial charge in [-0.1, -0.05) is 23.2 Å². The molecule has 0 amide bonds. The number of carbonyl (C=O) groups excluding carboxylic acids is 2. The van der Waals surface area contributed by atoms with Crippen molar-refractivity contribution in [2.45, 2.75) is 12.5 Å². The first-order valence-corrected chi connectivity index (χ1v) is 9.20. The first-order valence-electron chi connectivity index (χ1n) is 8.44. The first kappa shape index (κ1) is 18.9. The van der Waals surface area contributed by atoms with Gasteiger partial charge in [-0.15, -0.1) is 0 Å². The topological polar surface area (TPSA) is 77.0 Å². The quantitative estimate of drug-likeness (QED) is 0.483. The van der Waals surface area contributed by atoms with Gasteiger partial charge in [0.1, 0.15) is 0 Å². The Hall–Kier alpha value is -2.48. The lowest BCUT2D eigenvalue weighted by atomic mass is 10.0. The minimum atomic E-state index is -0.888. The summed E-state index contributed by atoms with van der Waals surface area (Å²) in [5.74, 6) is -1.76. The summed E-state index contributed by atoms with van der Waals surface area (Å²) >= 11 is 11.7. The molecular formula is C19H14Cl2FN3O3. The summed E-state index contributed by atoms with van der Waals surface area (Å²) in [6.07, 6.45) is 4.91. The molecular weight excluding hydrogens is 408 g/mol. The zero-order valence-electron chi connectivity index (χ0n) is 14.4. The molecule has 1 fully saturated rings. The Morgan fingerprint density at radius 2 is 2.04 bits per heavy atom. The molecule has 0 radical (unpaired) electrons. The van der Waals surface area contributed by atoms with Crippen LogP contribution in [-0.2, 0) is 11.2 Å². The van der Waals surface area contributed by atoms with E-state index in [0.717, 1.165) is 5.56 Å². The number of nitrogens with one attached hydrogen (secondary N) is 1. The predicted octanol–water partition coefficient (Wildman–Crippen LogP) is 3.88. The number of hydrogen-bond acceptors (Lipinski definition) is 4. The summed E-state index contributed by atoms with van der Waals surface area (Å²) in [4.78, 5) is 27.9. The number of benzene rings is 1. The maximum atomic E-state index is 14.2. The third-order valence-corrected chi connectivity index (χ3v) is 5.14. The lowest BCUT2D eigenvalue weighted by molar-refractivity contribution is -0.0286. The number of hydrogen-bond donors (Lipinski definition) is 1. The van der Waals surface area contributed by atoms with Crippen molar-refractivity contribution in [2.24, 2.45) is 0 Å². The lowest BCUT2D eigenvalue weighted by Gasteiger charge is -2.25. The number of H-pyrrole nitrogens is 1. The Morgan fingerprint density at radius 1 is 1.29 bits per heavy atom. The highest BCUT2D eigenvalue weighted by atomic mass is 35.5. The summed E-state index contributed by atoms with van der Waals surface area (Å²) in [7, 11) is 0. The Bertz CT molecular complexity index is 1070. The standard InChI is InChI=1S/C19H14Cl2FN3O3/c20-13-1-2-14(21)18(22)17(13)19(27)11-4-15(23-6-11)16(26)3-10-5-24-25(7-10)12-8-28-9-12/h1-2,4-7,12,23H,3,8-9H2. The summed E-state index contributed by atoms with van der Waals surface area (Å²) in [6.45, 7) is 1.22. The molecule has 3 heterocycles. The number of nitrogens with zero attached hydrogens (tertiary/aromatic N) is 2. The van der Waals surface area contributed by atoms with Crippen molar-refractivity contribution in [3.63, 3.8) is 0 Å². The monoisotopic (exact) mass is 421 g/mol. The highest BCUT2D eigenvalue weighted by Gasteiger charge is 2.23. The van der Waals surface area contributed by atoms with E-state index >= 15 is 0 Å². The highest BCUT2D eigenvalue weighted by Crippen LogP contribution is 2.28. The number of ketones is 2. The van der Waals surface area contributed by atoms with Gasteiger partial charge in [0, 0.05) is 24.4 Å². The molecule has 0 unspecified atom stereocenters. The number of aromatic nitrogens is 3. The Morgan fingerprint density at radius 3 is 2.75 bits per heavy atom. The summed E-state index contributed by atoms with van der Waals surface area (Å²) < 4.78 is 21.1. The minimum absolute atomic E-state index is 0.0478. The van der Waals surface area contributed by atoms with E-state index in [4.69, 9.17) is 27.9 Å². The summed E-state index contributed by atoms with van der Waals surface area (Å²) in [6, 6.07) is 4.21. The van der Waals surface area contributed by atoms with E-state index in [-0.39, 0.29) is 45.1 Å². The van der Waals surface area contributed by atoms with Gasteiger partial charge in [0.05, 0.1) is 46.8 Å². The normalized spacial score (nSPS) is 14.1. The Labute approximate surface area is 169 Å². The van der Waals surface area contributed by atoms with Crippen molar-refractivity contribution in [3.8, 4) is 0 Å². The molecule has 0 bridgehead atoms. The number of halogens is 3. The molecule has 1 aromatic carbocycles. The van der Waals surface area contributed by atoms with Gasteiger partial charge in [-0.05, 0) is 23.8 Å². The number of Topliss-reactive ketones (excluding diaryl/α,β-unsaturated/α-hetero) is 1. The Balaban J connectivity index is 1.51. The minimum Gasteiger partial charge on any atom is -0.377 e. The van der Waals surface area contributed by atoms with Crippen LogP contribution in [0.15, 0.2) is 36.8 Å². The van der Waals surface area contributed by atoms with Crippen LogP contribution in [0.1, 0.15) is 38.0 Å². The third kappa shape index (κ3) is 3.48. The van der Waals surface area contributed by atoms with Crippen molar-refractivity contribution in [3.05, 3.63) is 75.0 Å². The maximum Gasteiger partial charge on any atom is 0.199 e.